The average Bonchev–Trinajstić information content (AvgIpc) is 2.15. The molecule has 0 aromatic heterocycles. The van der Waals surface area contributed by atoms with Crippen molar-refractivity contribution in [2.75, 3.05) is 6.61 Å². The topological polar surface area (TPSA) is 72.5 Å². The van der Waals surface area contributed by atoms with Crippen LogP contribution in [0.2, 0.25) is 10.0 Å². The number of nitrogens with two attached hydrogens (primary N) is 1. The van der Waals surface area contributed by atoms with Crippen LogP contribution in [0.15, 0.2) is 18.2 Å². The third-order valence-electron chi connectivity index (χ3n) is 1.81. The van der Waals surface area contributed by atoms with Gasteiger partial charge in [-0.1, -0.05) is 23.2 Å². The molecule has 0 spiro atoms. The first-order chi connectivity index (χ1) is 7.49. The monoisotopic (exact) mass is 263 g/mol. The molecule has 0 fully saturated rings. The molecule has 1 rings (SSSR count). The van der Waals surface area contributed by atoms with E-state index in [-0.39, 0.29) is 13.2 Å². The molecule has 0 amide bonds. The molecule has 1 atom stereocenters. The van der Waals surface area contributed by atoms with E-state index in [0.717, 1.165) is 5.56 Å². The molecule has 0 aliphatic heterocycles. The highest BCUT2D eigenvalue weighted by atomic mass is 35.5. The average molecular weight is 264 g/mol. The van der Waals surface area contributed by atoms with E-state index >= 15 is 0 Å². The van der Waals surface area contributed by atoms with Crippen LogP contribution in [0.3, 0.4) is 0 Å². The van der Waals surface area contributed by atoms with Gasteiger partial charge in [0.2, 0.25) is 0 Å². The lowest BCUT2D eigenvalue weighted by molar-refractivity contribution is -0.140. The number of carboxylic acid groups (broad SMARTS) is 1. The Labute approximate surface area is 103 Å². The van der Waals surface area contributed by atoms with Gasteiger partial charge in [0.15, 0.2) is 0 Å². The van der Waals surface area contributed by atoms with Gasteiger partial charge in [0.25, 0.3) is 0 Å². The Balaban J connectivity index is 2.46. The molecule has 0 heterocycles. The zero-order valence-corrected chi connectivity index (χ0v) is 9.83. The van der Waals surface area contributed by atoms with Gasteiger partial charge < -0.3 is 15.6 Å². The van der Waals surface area contributed by atoms with Gasteiger partial charge in [0, 0.05) is 10.0 Å². The smallest absolute Gasteiger partial charge is 0.322 e. The molecule has 0 saturated heterocycles. The summed E-state index contributed by atoms with van der Waals surface area (Å²) in [4.78, 5) is 10.4. The van der Waals surface area contributed by atoms with Crippen LogP contribution in [0.1, 0.15) is 5.56 Å². The molecule has 0 saturated carbocycles. The molecule has 0 aliphatic carbocycles. The fourth-order valence-electron chi connectivity index (χ4n) is 1.07. The van der Waals surface area contributed by atoms with Crippen molar-refractivity contribution < 1.29 is 14.6 Å². The third kappa shape index (κ3) is 4.37. The van der Waals surface area contributed by atoms with Gasteiger partial charge in [-0.3, -0.25) is 4.79 Å². The van der Waals surface area contributed by atoms with Gasteiger partial charge in [0.05, 0.1) is 13.2 Å². The van der Waals surface area contributed by atoms with Crippen molar-refractivity contribution >= 4 is 29.2 Å². The molecule has 6 heteroatoms. The van der Waals surface area contributed by atoms with Crippen LogP contribution in [-0.2, 0) is 16.1 Å². The second kappa shape index (κ2) is 6.06. The number of ether oxygens (including phenoxy) is 1. The summed E-state index contributed by atoms with van der Waals surface area (Å²) in [7, 11) is 0. The zero-order chi connectivity index (χ0) is 12.1. The van der Waals surface area contributed by atoms with E-state index in [9.17, 15) is 4.79 Å². The molecule has 1 aromatic rings. The Morgan fingerprint density at radius 2 is 1.94 bits per heavy atom. The summed E-state index contributed by atoms with van der Waals surface area (Å²) in [5, 5.41) is 9.54. The molecule has 0 aliphatic rings. The van der Waals surface area contributed by atoms with Crippen LogP contribution in [0.25, 0.3) is 0 Å². The van der Waals surface area contributed by atoms with Gasteiger partial charge in [-0.2, -0.15) is 0 Å². The standard InChI is InChI=1S/C10H11Cl2NO3/c11-7-1-6(2-8(12)3-7)4-16-5-9(13)10(14)15/h1-3,9H,4-5,13H2,(H,14,15). The lowest BCUT2D eigenvalue weighted by Crippen LogP contribution is -2.34. The highest BCUT2D eigenvalue weighted by molar-refractivity contribution is 6.34. The molecule has 16 heavy (non-hydrogen) atoms. The number of carbonyl (C=O) groups is 1. The Hall–Kier alpha value is -0.810. The molecular formula is C10H11Cl2NO3. The highest BCUT2D eigenvalue weighted by Crippen LogP contribution is 2.19. The van der Waals surface area contributed by atoms with Crippen LogP contribution < -0.4 is 5.73 Å². The number of halogens is 2. The first-order valence-electron chi connectivity index (χ1n) is 4.50. The quantitative estimate of drug-likeness (QED) is 0.852. The fourth-order valence-corrected chi connectivity index (χ4v) is 1.64. The number of hydrogen-bond acceptors (Lipinski definition) is 3. The largest absolute Gasteiger partial charge is 0.480 e. The lowest BCUT2D eigenvalue weighted by Gasteiger charge is -2.08. The van der Waals surface area contributed by atoms with Crippen LogP contribution in [0, 0.1) is 0 Å². The Morgan fingerprint density at radius 3 is 2.44 bits per heavy atom. The summed E-state index contributed by atoms with van der Waals surface area (Å²) in [6.45, 7) is 0.167. The van der Waals surface area contributed by atoms with E-state index in [2.05, 4.69) is 0 Å². The zero-order valence-electron chi connectivity index (χ0n) is 8.32. The third-order valence-corrected chi connectivity index (χ3v) is 2.24. The van der Waals surface area contributed by atoms with Crippen LogP contribution in [0.4, 0.5) is 0 Å². The van der Waals surface area contributed by atoms with Crippen molar-refractivity contribution in [3.63, 3.8) is 0 Å². The summed E-state index contributed by atoms with van der Waals surface area (Å²) in [6, 6.07) is 3.98. The van der Waals surface area contributed by atoms with Crippen molar-refractivity contribution in [1.29, 1.82) is 0 Å². The molecule has 0 radical (unpaired) electrons. The maximum Gasteiger partial charge on any atom is 0.322 e. The Bertz CT molecular complexity index is 364. The van der Waals surface area contributed by atoms with Gasteiger partial charge in [-0.25, -0.2) is 0 Å². The second-order valence-corrected chi connectivity index (χ2v) is 4.11. The minimum absolute atomic E-state index is 0.0561. The fraction of sp³-hybridized carbons (Fsp3) is 0.300. The molecule has 4 nitrogen and oxygen atoms in total. The Kier molecular flexibility index (Phi) is 5.02. The minimum atomic E-state index is -1.09. The second-order valence-electron chi connectivity index (χ2n) is 3.24. The summed E-state index contributed by atoms with van der Waals surface area (Å²) in [5.41, 5.74) is 6.04. The van der Waals surface area contributed by atoms with Crippen LogP contribution >= 0.6 is 23.2 Å². The van der Waals surface area contributed by atoms with E-state index in [1.54, 1.807) is 18.2 Å². The number of rotatable bonds is 5. The summed E-state index contributed by atoms with van der Waals surface area (Å²) in [6.07, 6.45) is 0. The highest BCUT2D eigenvalue weighted by Gasteiger charge is 2.11. The van der Waals surface area contributed by atoms with Gasteiger partial charge in [0.1, 0.15) is 6.04 Å². The maximum atomic E-state index is 10.4. The lowest BCUT2D eigenvalue weighted by atomic mass is 10.2. The van der Waals surface area contributed by atoms with Gasteiger partial charge in [-0.15, -0.1) is 0 Å². The van der Waals surface area contributed by atoms with Crippen molar-refractivity contribution in [2.45, 2.75) is 12.6 Å². The summed E-state index contributed by atoms with van der Waals surface area (Å²) >= 11 is 11.6. The summed E-state index contributed by atoms with van der Waals surface area (Å²) in [5.74, 6) is -1.09. The van der Waals surface area contributed by atoms with E-state index < -0.39 is 12.0 Å². The van der Waals surface area contributed by atoms with E-state index in [0.29, 0.717) is 10.0 Å². The predicted octanol–water partition coefficient (Wildman–Crippen LogP) is 1.92. The maximum absolute atomic E-state index is 10.4. The molecule has 1 aromatic carbocycles. The van der Waals surface area contributed by atoms with Crippen LogP contribution in [0.5, 0.6) is 0 Å². The van der Waals surface area contributed by atoms with Gasteiger partial charge >= 0.3 is 5.97 Å². The SMILES string of the molecule is NC(COCc1cc(Cl)cc(Cl)c1)C(=O)O. The number of aliphatic carboxylic acids is 1. The van der Waals surface area contributed by atoms with Crippen molar-refractivity contribution in [2.24, 2.45) is 5.73 Å². The predicted molar refractivity (Wildman–Crippen MR) is 61.7 cm³/mol. The normalized spacial score (nSPS) is 12.4. The first-order valence-corrected chi connectivity index (χ1v) is 5.25. The molecule has 0 bridgehead atoms. The summed E-state index contributed by atoms with van der Waals surface area (Å²) < 4.78 is 5.13. The van der Waals surface area contributed by atoms with Crippen LogP contribution in [-0.4, -0.2) is 23.7 Å². The van der Waals surface area contributed by atoms with E-state index in [1.807, 2.05) is 0 Å². The molecule has 88 valence electrons. The van der Waals surface area contributed by atoms with Crippen molar-refractivity contribution in [3.8, 4) is 0 Å². The van der Waals surface area contributed by atoms with E-state index in [1.165, 1.54) is 0 Å². The van der Waals surface area contributed by atoms with E-state index in [4.69, 9.17) is 38.8 Å². The van der Waals surface area contributed by atoms with Gasteiger partial charge in [-0.05, 0) is 23.8 Å². The van der Waals surface area contributed by atoms with Crippen molar-refractivity contribution in [3.05, 3.63) is 33.8 Å². The number of carboxylic acids is 1. The molecule has 3 N–H and O–H groups in total. The molecular weight excluding hydrogens is 253 g/mol. The minimum Gasteiger partial charge on any atom is -0.480 e. The number of hydrogen-bond donors (Lipinski definition) is 2. The Morgan fingerprint density at radius 1 is 1.38 bits per heavy atom. The first kappa shape index (κ1) is 13.3. The van der Waals surface area contributed by atoms with Crippen molar-refractivity contribution in [1.82, 2.24) is 0 Å². The molecule has 1 unspecified atom stereocenters. The number of benzene rings is 1.